The molecule has 2 aliphatic rings. The molecule has 2 N–H and O–H groups in total. The van der Waals surface area contributed by atoms with Crippen molar-refractivity contribution in [2.24, 2.45) is 5.73 Å². The topological polar surface area (TPSA) is 71.6 Å². The average molecular weight is 415 g/mol. The summed E-state index contributed by atoms with van der Waals surface area (Å²) in [5.74, 6) is -0.900. The number of aromatic nitrogens is 1. The molecule has 1 amide bonds. The number of primary amides is 1. The van der Waals surface area contributed by atoms with Gasteiger partial charge in [0.25, 0.3) is 5.91 Å². The lowest BCUT2D eigenvalue weighted by Crippen LogP contribution is -2.44. The lowest BCUT2D eigenvalue weighted by atomic mass is 10.1. The minimum absolute atomic E-state index is 0.225. The molecule has 0 unspecified atom stereocenters. The number of aryl methyl sites for hydroxylation is 1. The number of carbonyl (C=O) groups is 1. The lowest BCUT2D eigenvalue weighted by Gasteiger charge is -2.34. The number of pyridine rings is 1. The summed E-state index contributed by atoms with van der Waals surface area (Å²) in [5.41, 5.74) is 7.21. The quantitative estimate of drug-likeness (QED) is 0.715. The van der Waals surface area contributed by atoms with Crippen molar-refractivity contribution >= 4 is 44.1 Å². The highest BCUT2D eigenvalue weighted by molar-refractivity contribution is 7.20. The van der Waals surface area contributed by atoms with Crippen LogP contribution in [0.25, 0.3) is 21.1 Å². The summed E-state index contributed by atoms with van der Waals surface area (Å²) in [6.07, 6.45) is 2.02. The molecule has 0 atom stereocenters. The molecule has 2 fully saturated rings. The molecule has 0 bridgehead atoms. The monoisotopic (exact) mass is 414 g/mol. The summed E-state index contributed by atoms with van der Waals surface area (Å²) < 4.78 is 17.2. The Hall–Kier alpha value is -2.45. The third-order valence-corrected chi connectivity index (χ3v) is 7.43. The zero-order valence-corrected chi connectivity index (χ0v) is 17.3. The molecular weight excluding hydrogens is 391 g/mol. The number of benzene rings is 1. The van der Waals surface area contributed by atoms with Crippen LogP contribution < -0.4 is 16.1 Å². The van der Waals surface area contributed by atoms with E-state index in [0.717, 1.165) is 49.4 Å². The first-order valence-electron chi connectivity index (χ1n) is 9.91. The maximum atomic E-state index is 15.1. The number of nitrogens with zero attached hydrogens (tertiary/aromatic N) is 3. The lowest BCUT2D eigenvalue weighted by molar-refractivity contribution is 0.100. The molecule has 29 heavy (non-hydrogen) atoms. The predicted octanol–water partition coefficient (Wildman–Crippen LogP) is 2.85. The zero-order valence-electron chi connectivity index (χ0n) is 16.5. The van der Waals surface area contributed by atoms with Gasteiger partial charge in [-0.05, 0) is 44.5 Å². The smallest absolute Gasteiger partial charge is 0.259 e. The number of fused-ring (bicyclic) bond motifs is 2. The Bertz CT molecular complexity index is 1220. The molecule has 8 heteroatoms. The van der Waals surface area contributed by atoms with Crippen molar-refractivity contribution < 1.29 is 9.18 Å². The number of anilines is 1. The SMILES string of the molecule is Cc1c(C(N)=O)sc2c1c(=O)c1cc(F)c(N3CCN(C)CC3)cc1n2C1CC1. The fraction of sp³-hybridized carbons (Fsp3) is 0.429. The van der Waals surface area contributed by atoms with Crippen LogP contribution in [0, 0.1) is 12.7 Å². The Labute approximate surface area is 171 Å². The van der Waals surface area contributed by atoms with Crippen LogP contribution in [0.15, 0.2) is 16.9 Å². The van der Waals surface area contributed by atoms with E-state index >= 15 is 4.39 Å². The Kier molecular flexibility index (Phi) is 4.18. The zero-order chi connectivity index (χ0) is 20.4. The summed E-state index contributed by atoms with van der Waals surface area (Å²) in [6.45, 7) is 4.99. The molecule has 1 aromatic carbocycles. The van der Waals surface area contributed by atoms with Gasteiger partial charge in [0.2, 0.25) is 0 Å². The van der Waals surface area contributed by atoms with Gasteiger partial charge in [0.05, 0.1) is 21.5 Å². The maximum absolute atomic E-state index is 15.1. The largest absolute Gasteiger partial charge is 0.367 e. The number of rotatable bonds is 3. The van der Waals surface area contributed by atoms with Crippen molar-refractivity contribution in [2.75, 3.05) is 38.1 Å². The van der Waals surface area contributed by atoms with E-state index in [-0.39, 0.29) is 17.3 Å². The van der Waals surface area contributed by atoms with Gasteiger partial charge in [0, 0.05) is 37.6 Å². The van der Waals surface area contributed by atoms with Crippen molar-refractivity contribution in [2.45, 2.75) is 25.8 Å². The normalized spacial score (nSPS) is 18.1. The van der Waals surface area contributed by atoms with Crippen LogP contribution in [0.1, 0.15) is 34.1 Å². The number of thiophene rings is 1. The first-order valence-corrected chi connectivity index (χ1v) is 10.7. The second-order valence-electron chi connectivity index (χ2n) is 8.14. The number of hydrogen-bond donors (Lipinski definition) is 1. The highest BCUT2D eigenvalue weighted by Crippen LogP contribution is 2.43. The van der Waals surface area contributed by atoms with Gasteiger partial charge in [-0.2, -0.15) is 0 Å². The van der Waals surface area contributed by atoms with Crippen LogP contribution in [0.4, 0.5) is 10.1 Å². The van der Waals surface area contributed by atoms with Crippen molar-refractivity contribution in [1.82, 2.24) is 9.47 Å². The van der Waals surface area contributed by atoms with E-state index in [1.807, 2.05) is 6.07 Å². The first kappa shape index (κ1) is 18.6. The minimum Gasteiger partial charge on any atom is -0.367 e. The van der Waals surface area contributed by atoms with Gasteiger partial charge in [-0.1, -0.05) is 0 Å². The Morgan fingerprint density at radius 1 is 1.21 bits per heavy atom. The van der Waals surface area contributed by atoms with Gasteiger partial charge in [0.15, 0.2) is 5.43 Å². The van der Waals surface area contributed by atoms with E-state index in [4.69, 9.17) is 5.73 Å². The standard InChI is InChI=1S/C21H23FN4O2S/c1-11-17-18(27)13-9-14(22)16(25-7-5-24(2)6-8-25)10-15(13)26(12-3-4-12)21(17)29-19(11)20(23)28/h9-10,12H,3-8H2,1-2H3,(H2,23,28). The highest BCUT2D eigenvalue weighted by Gasteiger charge is 2.31. The molecule has 1 aliphatic carbocycles. The van der Waals surface area contributed by atoms with E-state index in [1.165, 1.54) is 17.4 Å². The summed E-state index contributed by atoms with van der Waals surface area (Å²) in [4.78, 5) is 30.6. The van der Waals surface area contributed by atoms with Gasteiger partial charge in [-0.25, -0.2) is 4.39 Å². The third kappa shape index (κ3) is 2.85. The second-order valence-corrected chi connectivity index (χ2v) is 9.14. The van der Waals surface area contributed by atoms with Crippen LogP contribution in [0.3, 0.4) is 0 Å². The number of halogens is 1. The van der Waals surface area contributed by atoms with Gasteiger partial charge >= 0.3 is 0 Å². The number of nitrogens with two attached hydrogens (primary N) is 1. The Balaban J connectivity index is 1.81. The van der Waals surface area contributed by atoms with E-state index in [0.29, 0.717) is 26.9 Å². The van der Waals surface area contributed by atoms with E-state index in [2.05, 4.69) is 21.4 Å². The van der Waals surface area contributed by atoms with Gasteiger partial charge in [-0.15, -0.1) is 11.3 Å². The van der Waals surface area contributed by atoms with E-state index < -0.39 is 5.91 Å². The van der Waals surface area contributed by atoms with Crippen molar-refractivity contribution in [1.29, 1.82) is 0 Å². The van der Waals surface area contributed by atoms with E-state index in [9.17, 15) is 9.59 Å². The molecule has 0 radical (unpaired) electrons. The highest BCUT2D eigenvalue weighted by atomic mass is 32.1. The molecule has 1 aliphatic heterocycles. The van der Waals surface area contributed by atoms with Crippen LogP contribution in [-0.4, -0.2) is 48.6 Å². The number of piperazine rings is 1. The molecule has 3 aromatic rings. The summed E-state index contributed by atoms with van der Waals surface area (Å²) in [6, 6.07) is 3.48. The van der Waals surface area contributed by atoms with Crippen molar-refractivity contribution in [3.63, 3.8) is 0 Å². The second kappa shape index (κ2) is 6.53. The number of amides is 1. The van der Waals surface area contributed by atoms with Crippen molar-refractivity contribution in [3.05, 3.63) is 38.6 Å². The number of hydrogen-bond acceptors (Lipinski definition) is 5. The molecule has 2 aromatic heterocycles. The molecule has 1 saturated carbocycles. The van der Waals surface area contributed by atoms with Crippen LogP contribution >= 0.6 is 11.3 Å². The molecule has 5 rings (SSSR count). The van der Waals surface area contributed by atoms with Gasteiger partial charge in [0.1, 0.15) is 10.6 Å². The minimum atomic E-state index is -0.529. The average Bonchev–Trinajstić information content (AvgIpc) is 3.45. The van der Waals surface area contributed by atoms with Gasteiger partial charge < -0.3 is 20.1 Å². The summed E-state index contributed by atoms with van der Waals surface area (Å²) in [5, 5.41) is 0.867. The number of likely N-dealkylation sites (N-methyl/N-ethyl adjacent to an activating group) is 1. The molecule has 152 valence electrons. The first-order chi connectivity index (χ1) is 13.9. The summed E-state index contributed by atoms with van der Waals surface area (Å²) >= 11 is 1.28. The molecular formula is C21H23FN4O2S. The molecule has 3 heterocycles. The van der Waals surface area contributed by atoms with E-state index in [1.54, 1.807) is 6.92 Å². The predicted molar refractivity (Wildman–Crippen MR) is 115 cm³/mol. The van der Waals surface area contributed by atoms with Crippen LogP contribution in [0.2, 0.25) is 0 Å². The Morgan fingerprint density at radius 3 is 2.52 bits per heavy atom. The Morgan fingerprint density at radius 2 is 1.90 bits per heavy atom. The maximum Gasteiger partial charge on any atom is 0.259 e. The number of carbonyl (C=O) groups excluding carboxylic acids is 1. The van der Waals surface area contributed by atoms with Crippen LogP contribution in [0.5, 0.6) is 0 Å². The molecule has 1 saturated heterocycles. The summed E-state index contributed by atoms with van der Waals surface area (Å²) in [7, 11) is 2.06. The van der Waals surface area contributed by atoms with Crippen molar-refractivity contribution in [3.8, 4) is 0 Å². The third-order valence-electron chi connectivity index (χ3n) is 6.12. The molecule has 0 spiro atoms. The van der Waals surface area contributed by atoms with Gasteiger partial charge in [-0.3, -0.25) is 9.59 Å². The van der Waals surface area contributed by atoms with Crippen LogP contribution in [-0.2, 0) is 0 Å². The fourth-order valence-electron chi connectivity index (χ4n) is 4.33. The fourth-order valence-corrected chi connectivity index (χ4v) is 5.57. The molecule has 6 nitrogen and oxygen atoms in total.